The van der Waals surface area contributed by atoms with Gasteiger partial charge in [0.15, 0.2) is 5.72 Å². The Kier molecular flexibility index (Phi) is 6.66. The van der Waals surface area contributed by atoms with Crippen molar-refractivity contribution in [3.05, 3.63) is 51.3 Å². The van der Waals surface area contributed by atoms with Gasteiger partial charge < -0.3 is 19.3 Å². The van der Waals surface area contributed by atoms with Crippen LogP contribution in [0.25, 0.3) is 6.08 Å². The minimum Gasteiger partial charge on any atom is -0.380 e. The first-order valence-electron chi connectivity index (χ1n) is 11.3. The molecule has 1 amide bonds. The van der Waals surface area contributed by atoms with E-state index in [1.54, 1.807) is 29.4 Å². The lowest BCUT2D eigenvalue weighted by Crippen LogP contribution is -2.65. The van der Waals surface area contributed by atoms with Gasteiger partial charge in [-0.15, -0.1) is 11.3 Å². The number of nitrogens with zero attached hydrogens (tertiary/aromatic N) is 4. The highest BCUT2D eigenvalue weighted by Crippen LogP contribution is 2.44. The first-order chi connectivity index (χ1) is 16.7. The van der Waals surface area contributed by atoms with Crippen molar-refractivity contribution in [1.29, 1.82) is 0 Å². The number of ether oxygens (including phenoxy) is 2. The predicted octanol–water partition coefficient (Wildman–Crippen LogP) is 2.65. The van der Waals surface area contributed by atoms with Gasteiger partial charge in [0, 0.05) is 48.6 Å². The van der Waals surface area contributed by atoms with Gasteiger partial charge in [0.05, 0.1) is 36.2 Å². The maximum atomic E-state index is 13.2. The molecule has 0 aromatic carbocycles. The van der Waals surface area contributed by atoms with E-state index in [-0.39, 0.29) is 25.6 Å². The van der Waals surface area contributed by atoms with Gasteiger partial charge in [-0.1, -0.05) is 11.6 Å². The Bertz CT molecular complexity index is 1210. The molecular formula is C23H27ClN4O5S2. The average molecular weight is 539 g/mol. The third-order valence-electron chi connectivity index (χ3n) is 6.81. The third-order valence-corrected chi connectivity index (χ3v) is 9.47. The maximum absolute atomic E-state index is 13.2. The molecule has 188 valence electrons. The Hall–Kier alpha value is -2.02. The molecule has 2 aromatic rings. The first kappa shape index (κ1) is 24.7. The zero-order valence-corrected chi connectivity index (χ0v) is 21.7. The fourth-order valence-electron chi connectivity index (χ4n) is 5.13. The van der Waals surface area contributed by atoms with Crippen LogP contribution in [0.2, 0.25) is 4.34 Å². The van der Waals surface area contributed by atoms with Gasteiger partial charge >= 0.3 is 0 Å². The zero-order valence-electron chi connectivity index (χ0n) is 19.3. The third kappa shape index (κ3) is 4.85. The molecule has 35 heavy (non-hydrogen) atoms. The van der Waals surface area contributed by atoms with Crippen LogP contribution < -0.4 is 4.90 Å². The van der Waals surface area contributed by atoms with Crippen LogP contribution in [-0.2, 0) is 24.3 Å². The summed E-state index contributed by atoms with van der Waals surface area (Å²) >= 11 is 7.23. The predicted molar refractivity (Wildman–Crippen MR) is 135 cm³/mol. The van der Waals surface area contributed by atoms with Crippen LogP contribution >= 0.6 is 22.9 Å². The lowest BCUT2D eigenvalue weighted by atomic mass is 9.91. The van der Waals surface area contributed by atoms with Gasteiger partial charge in [-0.25, -0.2) is 8.42 Å². The second-order valence-electron chi connectivity index (χ2n) is 9.09. The molecule has 3 aliphatic rings. The normalized spacial score (nSPS) is 25.0. The molecule has 3 aliphatic heterocycles. The van der Waals surface area contributed by atoms with Crippen LogP contribution in [0.1, 0.15) is 17.7 Å². The summed E-state index contributed by atoms with van der Waals surface area (Å²) in [6, 6.07) is 7.41. The van der Waals surface area contributed by atoms with Crippen LogP contribution in [0.4, 0.5) is 5.69 Å². The number of amides is 1. The molecule has 0 bridgehead atoms. The number of methoxy groups -OCH3 is 1. The van der Waals surface area contributed by atoms with Gasteiger partial charge in [-0.05, 0) is 43.2 Å². The highest BCUT2D eigenvalue weighted by molar-refractivity contribution is 7.92. The average Bonchev–Trinajstić information content (AvgIpc) is 3.40. The molecule has 3 fully saturated rings. The van der Waals surface area contributed by atoms with E-state index in [9.17, 15) is 13.2 Å². The van der Waals surface area contributed by atoms with E-state index in [0.717, 1.165) is 37.0 Å². The number of carbonyl (C=O) groups is 1. The molecule has 1 atom stereocenters. The fourth-order valence-corrected chi connectivity index (χ4v) is 7.34. The lowest BCUT2D eigenvalue weighted by molar-refractivity contribution is -0.194. The number of halogens is 1. The van der Waals surface area contributed by atoms with Gasteiger partial charge in [-0.2, -0.15) is 4.31 Å². The van der Waals surface area contributed by atoms with Gasteiger partial charge in [-0.3, -0.25) is 9.78 Å². The number of aromatic nitrogens is 1. The Balaban J connectivity index is 1.35. The van der Waals surface area contributed by atoms with E-state index in [1.165, 1.54) is 28.8 Å². The quantitative estimate of drug-likeness (QED) is 0.558. The second-order valence-corrected chi connectivity index (χ2v) is 12.7. The summed E-state index contributed by atoms with van der Waals surface area (Å²) in [5, 5.41) is 1.12. The number of hydrogen-bond acceptors (Lipinski definition) is 8. The van der Waals surface area contributed by atoms with Gasteiger partial charge in [0.1, 0.15) is 0 Å². The van der Waals surface area contributed by atoms with Crippen LogP contribution in [0.5, 0.6) is 0 Å². The van der Waals surface area contributed by atoms with E-state index in [0.29, 0.717) is 15.8 Å². The molecule has 0 radical (unpaired) electrons. The summed E-state index contributed by atoms with van der Waals surface area (Å²) in [5.74, 6) is -0.280. The van der Waals surface area contributed by atoms with Crippen LogP contribution in [-0.4, -0.2) is 86.3 Å². The van der Waals surface area contributed by atoms with E-state index in [1.807, 2.05) is 12.1 Å². The largest absolute Gasteiger partial charge is 0.380 e. The first-order valence-corrected chi connectivity index (χ1v) is 14.0. The number of piperidine rings is 1. The number of rotatable bonds is 6. The van der Waals surface area contributed by atoms with Crippen molar-refractivity contribution in [2.24, 2.45) is 0 Å². The number of carbonyl (C=O) groups excluding carboxylic acids is 1. The molecule has 5 rings (SSSR count). The number of thiophene rings is 1. The van der Waals surface area contributed by atoms with Crippen molar-refractivity contribution >= 4 is 50.6 Å². The smallest absolute Gasteiger partial charge is 0.240 e. The van der Waals surface area contributed by atoms with Crippen molar-refractivity contribution in [3.8, 4) is 0 Å². The van der Waals surface area contributed by atoms with E-state index >= 15 is 0 Å². The van der Waals surface area contributed by atoms with Crippen LogP contribution in [0.3, 0.4) is 0 Å². The van der Waals surface area contributed by atoms with Crippen LogP contribution in [0.15, 0.2) is 42.1 Å². The van der Waals surface area contributed by atoms with Gasteiger partial charge in [0.2, 0.25) is 15.9 Å². The van der Waals surface area contributed by atoms with E-state index in [2.05, 4.69) is 9.88 Å². The molecule has 1 unspecified atom stereocenters. The number of anilines is 1. The summed E-state index contributed by atoms with van der Waals surface area (Å²) in [4.78, 5) is 22.0. The topological polar surface area (TPSA) is 92.3 Å². The van der Waals surface area contributed by atoms with Gasteiger partial charge in [0.25, 0.3) is 0 Å². The Labute approximate surface area is 213 Å². The van der Waals surface area contributed by atoms with Crippen molar-refractivity contribution in [1.82, 2.24) is 14.2 Å². The summed E-state index contributed by atoms with van der Waals surface area (Å²) < 4.78 is 40.2. The molecule has 2 aromatic heterocycles. The molecule has 3 saturated heterocycles. The molecule has 0 N–H and O–H groups in total. The minimum atomic E-state index is -3.87. The Morgan fingerprint density at radius 1 is 1.20 bits per heavy atom. The number of fused-ring (bicyclic) bond motifs is 1. The molecule has 0 saturated carbocycles. The maximum Gasteiger partial charge on any atom is 0.240 e. The van der Waals surface area contributed by atoms with Crippen molar-refractivity contribution in [2.45, 2.75) is 24.2 Å². The van der Waals surface area contributed by atoms with E-state index in [4.69, 9.17) is 21.1 Å². The van der Waals surface area contributed by atoms with Crippen molar-refractivity contribution in [2.75, 3.05) is 51.3 Å². The monoisotopic (exact) mass is 538 g/mol. The number of hydrogen-bond donors (Lipinski definition) is 0. The number of sulfonamides is 1. The second kappa shape index (κ2) is 9.45. The SMILES string of the molecule is COCC12CN(S(=O)(=O)/C=C/c3ccc(Cl)s3)CC(=O)N1CC1(CCN(c3ccncc3)CC1)O2. The summed E-state index contributed by atoms with van der Waals surface area (Å²) in [6.07, 6.45) is 6.48. The zero-order chi connectivity index (χ0) is 24.7. The highest BCUT2D eigenvalue weighted by Gasteiger charge is 2.60. The van der Waals surface area contributed by atoms with E-state index < -0.39 is 21.3 Å². The molecule has 5 heterocycles. The number of pyridine rings is 1. The summed E-state index contributed by atoms with van der Waals surface area (Å²) in [6.45, 7) is 1.83. The highest BCUT2D eigenvalue weighted by atomic mass is 35.5. The Morgan fingerprint density at radius 2 is 1.94 bits per heavy atom. The fraction of sp³-hybridized carbons (Fsp3) is 0.478. The standard InChI is InChI=1S/C23H27ClN4O5S2/c1-32-17-23-16-27(35(30,31)13-6-19-2-3-20(24)34-19)14-21(29)28(23)15-22(33-23)7-11-26(12-8-22)18-4-9-25-10-5-18/h2-6,9-10,13H,7-8,11-12,14-17H2,1H3/b13-6+. The van der Waals surface area contributed by atoms with Crippen molar-refractivity contribution in [3.63, 3.8) is 0 Å². The minimum absolute atomic E-state index is 0.0142. The van der Waals surface area contributed by atoms with Crippen LogP contribution in [0, 0.1) is 0 Å². The number of piperazine rings is 1. The molecule has 12 heteroatoms. The molecule has 1 spiro atoms. The summed E-state index contributed by atoms with van der Waals surface area (Å²) in [5.41, 5.74) is -0.596. The molecular weight excluding hydrogens is 512 g/mol. The molecule has 0 aliphatic carbocycles. The van der Waals surface area contributed by atoms with Crippen molar-refractivity contribution < 1.29 is 22.7 Å². The molecule has 9 nitrogen and oxygen atoms in total. The Morgan fingerprint density at radius 3 is 2.60 bits per heavy atom. The summed E-state index contributed by atoms with van der Waals surface area (Å²) in [7, 11) is -2.33. The lowest BCUT2D eigenvalue weighted by Gasteiger charge is -2.44.